The molecule has 0 N–H and O–H groups in total. The van der Waals surface area contributed by atoms with Crippen molar-refractivity contribution < 1.29 is 4.74 Å². The molecular weight excluding hydrogens is 365 g/mol. The number of nitrogens with zero attached hydrogens (tertiary/aromatic N) is 3. The lowest BCUT2D eigenvalue weighted by Gasteiger charge is -2.12. The Kier molecular flexibility index (Phi) is 4.80. The molecule has 4 nitrogen and oxygen atoms in total. The molecule has 0 aromatic carbocycles. The number of ether oxygens (including phenoxy) is 1. The SMILES string of the molecule is CC.Clc1ccnc2c1ncn2[C@H]1CC[C@@H](I)O1. The fraction of sp³-hybridized carbons (Fsp3) is 0.500. The van der Waals surface area contributed by atoms with E-state index in [1.165, 1.54) is 0 Å². The molecule has 0 saturated carbocycles. The number of alkyl halides is 1. The molecule has 1 aliphatic rings. The number of hydrogen-bond acceptors (Lipinski definition) is 3. The van der Waals surface area contributed by atoms with Gasteiger partial charge in [-0.1, -0.05) is 48.0 Å². The van der Waals surface area contributed by atoms with Crippen LogP contribution in [0.1, 0.15) is 32.9 Å². The summed E-state index contributed by atoms with van der Waals surface area (Å²) >= 11 is 8.35. The maximum Gasteiger partial charge on any atom is 0.163 e. The summed E-state index contributed by atoms with van der Waals surface area (Å²) in [4.78, 5) is 8.58. The first kappa shape index (κ1) is 14.0. The van der Waals surface area contributed by atoms with Crippen molar-refractivity contribution in [2.45, 2.75) is 37.0 Å². The van der Waals surface area contributed by atoms with Crippen LogP contribution in [0, 0.1) is 0 Å². The molecule has 6 heteroatoms. The van der Waals surface area contributed by atoms with Gasteiger partial charge in [0, 0.05) is 6.20 Å². The minimum atomic E-state index is 0.0397. The predicted molar refractivity (Wildman–Crippen MR) is 81.1 cm³/mol. The third-order valence-electron chi connectivity index (χ3n) is 2.67. The molecule has 1 fully saturated rings. The van der Waals surface area contributed by atoms with Gasteiger partial charge in [0.05, 0.1) is 11.3 Å². The first-order valence-electron chi connectivity index (χ1n) is 6.02. The van der Waals surface area contributed by atoms with E-state index in [9.17, 15) is 0 Å². The summed E-state index contributed by atoms with van der Waals surface area (Å²) in [7, 11) is 0. The molecule has 18 heavy (non-hydrogen) atoms. The van der Waals surface area contributed by atoms with Gasteiger partial charge in [0.2, 0.25) is 0 Å². The highest BCUT2D eigenvalue weighted by Crippen LogP contribution is 2.33. The van der Waals surface area contributed by atoms with Gasteiger partial charge in [-0.2, -0.15) is 0 Å². The third kappa shape index (κ3) is 2.62. The second-order valence-electron chi connectivity index (χ2n) is 3.69. The number of aromatic nitrogens is 3. The summed E-state index contributed by atoms with van der Waals surface area (Å²) in [5.41, 5.74) is 1.53. The maximum absolute atomic E-state index is 6.05. The van der Waals surface area contributed by atoms with E-state index in [2.05, 4.69) is 32.6 Å². The van der Waals surface area contributed by atoms with Crippen LogP contribution < -0.4 is 0 Å². The Morgan fingerprint density at radius 1 is 1.39 bits per heavy atom. The van der Waals surface area contributed by atoms with E-state index in [0.29, 0.717) is 5.02 Å². The lowest BCUT2D eigenvalue weighted by atomic mass is 10.3. The van der Waals surface area contributed by atoms with Gasteiger partial charge in [-0.15, -0.1) is 0 Å². The molecule has 2 atom stereocenters. The molecular formula is C12H15ClIN3O. The van der Waals surface area contributed by atoms with Crippen molar-refractivity contribution in [3.8, 4) is 0 Å². The van der Waals surface area contributed by atoms with Crippen LogP contribution in [0.4, 0.5) is 0 Å². The lowest BCUT2D eigenvalue weighted by molar-refractivity contribution is 0.0506. The topological polar surface area (TPSA) is 39.9 Å². The van der Waals surface area contributed by atoms with Crippen LogP contribution in [0.25, 0.3) is 11.2 Å². The number of halogens is 2. The van der Waals surface area contributed by atoms with Crippen molar-refractivity contribution in [1.29, 1.82) is 0 Å². The minimum Gasteiger partial charge on any atom is -0.344 e. The minimum absolute atomic E-state index is 0.0397. The van der Waals surface area contributed by atoms with E-state index >= 15 is 0 Å². The predicted octanol–water partition coefficient (Wildman–Crippen LogP) is 4.18. The Bertz CT molecular complexity index is 531. The molecule has 1 saturated heterocycles. The Balaban J connectivity index is 0.000000574. The zero-order valence-corrected chi connectivity index (χ0v) is 13.2. The second kappa shape index (κ2) is 6.16. The van der Waals surface area contributed by atoms with Gasteiger partial charge >= 0.3 is 0 Å². The zero-order valence-electron chi connectivity index (χ0n) is 10.3. The van der Waals surface area contributed by atoms with E-state index in [0.717, 1.165) is 24.0 Å². The van der Waals surface area contributed by atoms with Gasteiger partial charge in [-0.3, -0.25) is 4.57 Å². The van der Waals surface area contributed by atoms with Gasteiger partial charge in [0.15, 0.2) is 5.65 Å². The molecule has 0 aliphatic carbocycles. The van der Waals surface area contributed by atoms with Crippen LogP contribution in [-0.4, -0.2) is 18.6 Å². The zero-order chi connectivity index (χ0) is 13.1. The highest BCUT2D eigenvalue weighted by molar-refractivity contribution is 14.1. The normalized spacial score (nSPS) is 22.9. The van der Waals surface area contributed by atoms with E-state index in [4.69, 9.17) is 16.3 Å². The summed E-state index contributed by atoms with van der Waals surface area (Å²) < 4.78 is 8.02. The Morgan fingerprint density at radius 2 is 2.17 bits per heavy atom. The van der Waals surface area contributed by atoms with Crippen molar-refractivity contribution in [1.82, 2.24) is 14.5 Å². The van der Waals surface area contributed by atoms with E-state index in [1.54, 1.807) is 18.6 Å². The average Bonchev–Trinajstić information content (AvgIpc) is 2.98. The number of hydrogen-bond donors (Lipinski definition) is 0. The molecule has 0 amide bonds. The monoisotopic (exact) mass is 379 g/mol. The Labute approximate surface area is 125 Å². The third-order valence-corrected chi connectivity index (χ3v) is 3.89. The lowest BCUT2D eigenvalue weighted by Crippen LogP contribution is -2.07. The first-order chi connectivity index (χ1) is 8.75. The van der Waals surface area contributed by atoms with Gasteiger partial charge in [0.25, 0.3) is 0 Å². The highest BCUT2D eigenvalue weighted by Gasteiger charge is 2.26. The van der Waals surface area contributed by atoms with Gasteiger partial charge in [0.1, 0.15) is 15.9 Å². The average molecular weight is 380 g/mol. The molecule has 3 rings (SSSR count). The molecule has 2 aromatic heterocycles. The summed E-state index contributed by atoms with van der Waals surface area (Å²) in [6.07, 6.45) is 5.54. The summed E-state index contributed by atoms with van der Waals surface area (Å²) in [5.74, 6) is 0. The van der Waals surface area contributed by atoms with Crippen molar-refractivity contribution in [2.75, 3.05) is 0 Å². The summed E-state index contributed by atoms with van der Waals surface area (Å²) in [5, 5.41) is 0.632. The highest BCUT2D eigenvalue weighted by atomic mass is 127. The van der Waals surface area contributed by atoms with E-state index in [-0.39, 0.29) is 10.3 Å². The quantitative estimate of drug-likeness (QED) is 0.551. The molecule has 3 heterocycles. The number of rotatable bonds is 1. The molecule has 0 bridgehead atoms. The summed E-state index contributed by atoms with van der Waals surface area (Å²) in [6.45, 7) is 4.00. The number of pyridine rings is 1. The van der Waals surface area contributed by atoms with Crippen LogP contribution in [-0.2, 0) is 4.74 Å². The maximum atomic E-state index is 6.05. The van der Waals surface area contributed by atoms with Crippen LogP contribution in [0.2, 0.25) is 5.02 Å². The molecule has 0 spiro atoms. The van der Waals surface area contributed by atoms with Crippen LogP contribution in [0.5, 0.6) is 0 Å². The van der Waals surface area contributed by atoms with Crippen LogP contribution in [0.3, 0.4) is 0 Å². The van der Waals surface area contributed by atoms with E-state index < -0.39 is 0 Å². The standard InChI is InChI=1S/C10H9ClIN3O.C2H6/c11-6-3-4-13-10-9(6)14-5-15(10)8-2-1-7(12)16-8;1-2/h3-5,7-8H,1-2H2;1-2H3/t7-,8+;/m0./s1. The van der Waals surface area contributed by atoms with Crippen molar-refractivity contribution in [3.63, 3.8) is 0 Å². The van der Waals surface area contributed by atoms with Gasteiger partial charge in [-0.05, 0) is 18.9 Å². The van der Waals surface area contributed by atoms with Gasteiger partial charge < -0.3 is 4.74 Å². The smallest absolute Gasteiger partial charge is 0.163 e. The molecule has 0 radical (unpaired) electrons. The fourth-order valence-corrected chi connectivity index (χ4v) is 2.79. The van der Waals surface area contributed by atoms with Crippen molar-refractivity contribution in [3.05, 3.63) is 23.6 Å². The van der Waals surface area contributed by atoms with E-state index in [1.807, 2.05) is 18.4 Å². The molecule has 1 aliphatic heterocycles. The fourth-order valence-electron chi connectivity index (χ4n) is 1.90. The van der Waals surface area contributed by atoms with Gasteiger partial charge in [-0.25, -0.2) is 9.97 Å². The number of imidazole rings is 1. The summed E-state index contributed by atoms with van der Waals surface area (Å²) in [6, 6.07) is 1.75. The molecule has 98 valence electrons. The van der Waals surface area contributed by atoms with Crippen molar-refractivity contribution >= 4 is 45.4 Å². The molecule has 0 unspecified atom stereocenters. The van der Waals surface area contributed by atoms with Crippen LogP contribution >= 0.6 is 34.2 Å². The second-order valence-corrected chi connectivity index (χ2v) is 5.49. The van der Waals surface area contributed by atoms with Crippen LogP contribution in [0.15, 0.2) is 18.6 Å². The first-order valence-corrected chi connectivity index (χ1v) is 7.64. The van der Waals surface area contributed by atoms with Crippen molar-refractivity contribution in [2.24, 2.45) is 0 Å². The largest absolute Gasteiger partial charge is 0.344 e. The Hall–Kier alpha value is -0.400. The number of fused-ring (bicyclic) bond motifs is 1. The molecule has 2 aromatic rings. The Morgan fingerprint density at radius 3 is 2.83 bits per heavy atom.